The van der Waals surface area contributed by atoms with Gasteiger partial charge in [0.1, 0.15) is 11.7 Å². The minimum Gasteiger partial charge on any atom is -0.469 e. The van der Waals surface area contributed by atoms with E-state index >= 15 is 0 Å². The second kappa shape index (κ2) is 9.37. The molecule has 0 saturated carbocycles. The molecule has 2 aromatic rings. The van der Waals surface area contributed by atoms with E-state index in [0.29, 0.717) is 5.76 Å². The van der Waals surface area contributed by atoms with Crippen molar-refractivity contribution in [2.45, 2.75) is 31.8 Å². The Labute approximate surface area is 159 Å². The van der Waals surface area contributed by atoms with Crippen LogP contribution in [0.15, 0.2) is 53.1 Å². The molecule has 1 aliphatic heterocycles. The van der Waals surface area contributed by atoms with E-state index in [-0.39, 0.29) is 18.4 Å². The summed E-state index contributed by atoms with van der Waals surface area (Å²) >= 11 is 0. The summed E-state index contributed by atoms with van der Waals surface area (Å²) in [6.07, 6.45) is 3.48. The zero-order valence-corrected chi connectivity index (χ0v) is 15.6. The Morgan fingerprint density at radius 1 is 1.19 bits per heavy atom. The Morgan fingerprint density at radius 3 is 2.56 bits per heavy atom. The molecule has 1 fully saturated rings. The summed E-state index contributed by atoms with van der Waals surface area (Å²) in [5, 5.41) is 3.02. The lowest BCUT2D eigenvalue weighted by Gasteiger charge is -2.32. The number of likely N-dealkylation sites (tertiary alicyclic amines) is 1. The average molecular weight is 370 g/mol. The highest BCUT2D eigenvalue weighted by molar-refractivity contribution is 5.98. The van der Waals surface area contributed by atoms with Crippen LogP contribution in [0.2, 0.25) is 0 Å². The molecule has 1 atom stereocenters. The fourth-order valence-corrected chi connectivity index (χ4v) is 3.43. The van der Waals surface area contributed by atoms with E-state index in [9.17, 15) is 9.59 Å². The zero-order chi connectivity index (χ0) is 19.1. The van der Waals surface area contributed by atoms with Crippen LogP contribution in [-0.2, 0) is 27.3 Å². The molecule has 27 heavy (non-hydrogen) atoms. The van der Waals surface area contributed by atoms with E-state index in [4.69, 9.17) is 9.15 Å². The van der Waals surface area contributed by atoms with E-state index in [1.165, 1.54) is 18.9 Å². The van der Waals surface area contributed by atoms with Crippen LogP contribution < -0.4 is 5.32 Å². The first kappa shape index (κ1) is 19.2. The second-order valence-electron chi connectivity index (χ2n) is 6.90. The van der Waals surface area contributed by atoms with Crippen molar-refractivity contribution in [1.29, 1.82) is 0 Å². The molecule has 0 spiro atoms. The third kappa shape index (κ3) is 5.44. The number of nitrogens with one attached hydrogen (secondary N) is 1. The second-order valence-corrected chi connectivity index (χ2v) is 6.90. The van der Waals surface area contributed by atoms with Crippen LogP contribution in [-0.4, -0.2) is 43.0 Å². The number of piperidine rings is 1. The molecule has 6 nitrogen and oxygen atoms in total. The molecule has 0 radical (unpaired) electrons. The van der Waals surface area contributed by atoms with Gasteiger partial charge in [0.25, 0.3) is 0 Å². The number of hydrogen-bond acceptors (Lipinski definition) is 5. The number of benzene rings is 1. The summed E-state index contributed by atoms with van der Waals surface area (Å²) in [6.45, 7) is 2.76. The third-order valence-electron chi connectivity index (χ3n) is 4.97. The molecular formula is C21H26N2O4. The highest BCUT2D eigenvalue weighted by Gasteiger charge is 2.31. The molecule has 0 unspecified atom stereocenters. The van der Waals surface area contributed by atoms with Gasteiger partial charge in [-0.1, -0.05) is 30.3 Å². The largest absolute Gasteiger partial charge is 0.469 e. The SMILES string of the molecule is COC(=O)[C@@H](Cc1ccco1)C(=O)NC1CCN(Cc2ccccc2)CC1. The number of methoxy groups -OCH3 is 1. The number of nitrogens with zero attached hydrogens (tertiary/aromatic N) is 1. The van der Waals surface area contributed by atoms with Crippen molar-refractivity contribution >= 4 is 11.9 Å². The van der Waals surface area contributed by atoms with Gasteiger partial charge in [0.05, 0.1) is 13.4 Å². The summed E-state index contributed by atoms with van der Waals surface area (Å²) in [5.41, 5.74) is 1.30. The highest BCUT2D eigenvalue weighted by Crippen LogP contribution is 2.16. The summed E-state index contributed by atoms with van der Waals surface area (Å²) in [6, 6.07) is 13.9. The topological polar surface area (TPSA) is 71.8 Å². The molecule has 0 aliphatic carbocycles. The number of esters is 1. The summed E-state index contributed by atoms with van der Waals surface area (Å²) in [5.74, 6) is -1.12. The first-order valence-corrected chi connectivity index (χ1v) is 9.32. The molecular weight excluding hydrogens is 344 g/mol. The standard InChI is InChI=1S/C21H26N2O4/c1-26-21(25)19(14-18-8-5-13-27-18)20(24)22-17-9-11-23(12-10-17)15-16-6-3-2-4-7-16/h2-8,13,17,19H,9-12,14-15H2,1H3,(H,22,24)/t19-/m0/s1. The van der Waals surface area contributed by atoms with Gasteiger partial charge in [0.2, 0.25) is 5.91 Å². The Hall–Kier alpha value is -2.60. The predicted octanol–water partition coefficient (Wildman–Crippen LogP) is 2.39. The van der Waals surface area contributed by atoms with Gasteiger partial charge < -0.3 is 14.5 Å². The number of rotatable bonds is 7. The van der Waals surface area contributed by atoms with Crippen molar-refractivity contribution in [3.63, 3.8) is 0 Å². The third-order valence-corrected chi connectivity index (χ3v) is 4.97. The van der Waals surface area contributed by atoms with Gasteiger partial charge in [-0.15, -0.1) is 0 Å². The minimum absolute atomic E-state index is 0.0771. The number of carbonyl (C=O) groups is 2. The quantitative estimate of drug-likeness (QED) is 0.599. The van der Waals surface area contributed by atoms with Crippen molar-refractivity contribution in [2.75, 3.05) is 20.2 Å². The Bertz CT molecular complexity index is 722. The number of amides is 1. The van der Waals surface area contributed by atoms with Crippen molar-refractivity contribution in [1.82, 2.24) is 10.2 Å². The van der Waals surface area contributed by atoms with Crippen LogP contribution in [0.5, 0.6) is 0 Å². The molecule has 144 valence electrons. The first-order valence-electron chi connectivity index (χ1n) is 9.32. The van der Waals surface area contributed by atoms with Gasteiger partial charge in [-0.25, -0.2) is 0 Å². The van der Waals surface area contributed by atoms with Gasteiger partial charge in [-0.05, 0) is 30.5 Å². The van der Waals surface area contributed by atoms with Crippen molar-refractivity contribution in [3.8, 4) is 0 Å². The number of carbonyl (C=O) groups excluding carboxylic acids is 2. The highest BCUT2D eigenvalue weighted by atomic mass is 16.5. The fraction of sp³-hybridized carbons (Fsp3) is 0.429. The fourth-order valence-electron chi connectivity index (χ4n) is 3.43. The van der Waals surface area contributed by atoms with E-state index in [1.54, 1.807) is 12.1 Å². The van der Waals surface area contributed by atoms with Crippen LogP contribution in [0, 0.1) is 5.92 Å². The van der Waals surface area contributed by atoms with Crippen molar-refractivity contribution in [2.24, 2.45) is 5.92 Å². The Kier molecular flexibility index (Phi) is 6.65. The van der Waals surface area contributed by atoms with Crippen LogP contribution in [0.3, 0.4) is 0 Å². The van der Waals surface area contributed by atoms with Gasteiger partial charge in [-0.3, -0.25) is 14.5 Å². The lowest BCUT2D eigenvalue weighted by Crippen LogP contribution is -2.47. The molecule has 1 aromatic heterocycles. The van der Waals surface area contributed by atoms with E-state index < -0.39 is 11.9 Å². The molecule has 1 aliphatic rings. The maximum Gasteiger partial charge on any atom is 0.318 e. The predicted molar refractivity (Wildman–Crippen MR) is 101 cm³/mol. The van der Waals surface area contributed by atoms with Crippen molar-refractivity contribution in [3.05, 3.63) is 60.1 Å². The molecule has 1 aromatic carbocycles. The summed E-state index contributed by atoms with van der Waals surface area (Å²) in [7, 11) is 1.30. The van der Waals surface area contributed by atoms with Gasteiger partial charge in [0, 0.05) is 32.1 Å². The molecule has 1 amide bonds. The van der Waals surface area contributed by atoms with Crippen LogP contribution in [0.1, 0.15) is 24.2 Å². The lowest BCUT2D eigenvalue weighted by molar-refractivity contribution is -0.150. The lowest BCUT2D eigenvalue weighted by atomic mass is 9.99. The van der Waals surface area contributed by atoms with Gasteiger partial charge in [0.15, 0.2) is 0 Å². The van der Waals surface area contributed by atoms with Gasteiger partial charge >= 0.3 is 5.97 Å². The normalized spacial score (nSPS) is 16.6. The molecule has 1 N–H and O–H groups in total. The average Bonchev–Trinajstić information content (AvgIpc) is 3.21. The van der Waals surface area contributed by atoms with Crippen LogP contribution in [0.25, 0.3) is 0 Å². The molecule has 6 heteroatoms. The van der Waals surface area contributed by atoms with E-state index in [1.807, 2.05) is 18.2 Å². The minimum atomic E-state index is -0.886. The monoisotopic (exact) mass is 370 g/mol. The molecule has 1 saturated heterocycles. The maximum absolute atomic E-state index is 12.6. The van der Waals surface area contributed by atoms with Crippen LogP contribution in [0.4, 0.5) is 0 Å². The molecule has 2 heterocycles. The maximum atomic E-state index is 12.6. The summed E-state index contributed by atoms with van der Waals surface area (Å²) in [4.78, 5) is 27.1. The number of hydrogen-bond donors (Lipinski definition) is 1. The number of ether oxygens (including phenoxy) is 1. The molecule has 3 rings (SSSR count). The van der Waals surface area contributed by atoms with Crippen LogP contribution >= 0.6 is 0 Å². The van der Waals surface area contributed by atoms with Crippen molar-refractivity contribution < 1.29 is 18.7 Å². The Balaban J connectivity index is 1.50. The smallest absolute Gasteiger partial charge is 0.318 e. The van der Waals surface area contributed by atoms with E-state index in [0.717, 1.165) is 32.5 Å². The first-order chi connectivity index (χ1) is 13.2. The zero-order valence-electron chi connectivity index (χ0n) is 15.6. The number of furan rings is 1. The molecule has 0 bridgehead atoms. The van der Waals surface area contributed by atoms with E-state index in [2.05, 4.69) is 22.3 Å². The summed E-state index contributed by atoms with van der Waals surface area (Å²) < 4.78 is 10.1. The van der Waals surface area contributed by atoms with Gasteiger partial charge in [-0.2, -0.15) is 0 Å². The Morgan fingerprint density at radius 2 is 1.93 bits per heavy atom.